The highest BCUT2D eigenvalue weighted by molar-refractivity contribution is 5.70. The summed E-state index contributed by atoms with van der Waals surface area (Å²) in [5.41, 5.74) is 4.10. The molecule has 14 heavy (non-hydrogen) atoms. The molecule has 0 atom stereocenters. The number of benzene rings is 1. The Balaban J connectivity index is 0.000000461. The van der Waals surface area contributed by atoms with Crippen molar-refractivity contribution in [1.82, 2.24) is 0 Å². The largest absolute Gasteiger partial charge is 0.106 e. The third kappa shape index (κ3) is 2.46. The lowest BCUT2D eigenvalue weighted by Crippen LogP contribution is -1.80. The molecule has 1 aromatic carbocycles. The SMILES string of the molecule is C=C.Cc1ccc(C2=CC=CC2)cc1. The lowest BCUT2D eigenvalue weighted by Gasteiger charge is -2.01. The lowest BCUT2D eigenvalue weighted by molar-refractivity contribution is 1.40. The molecule has 72 valence electrons. The summed E-state index contributed by atoms with van der Waals surface area (Å²) in [7, 11) is 0. The van der Waals surface area contributed by atoms with Crippen LogP contribution in [-0.4, -0.2) is 0 Å². The summed E-state index contributed by atoms with van der Waals surface area (Å²) in [6.45, 7) is 8.12. The highest BCUT2D eigenvalue weighted by atomic mass is 14.1. The smallest absolute Gasteiger partial charge is 0.00884 e. The molecule has 0 amide bonds. The lowest BCUT2D eigenvalue weighted by atomic mass is 10.0. The van der Waals surface area contributed by atoms with Crippen LogP contribution in [0.5, 0.6) is 0 Å². The van der Waals surface area contributed by atoms with E-state index in [1.54, 1.807) is 0 Å². The van der Waals surface area contributed by atoms with Gasteiger partial charge in [-0.3, -0.25) is 0 Å². The molecule has 0 fully saturated rings. The third-order valence-electron chi connectivity index (χ3n) is 2.19. The minimum absolute atomic E-state index is 1.09. The van der Waals surface area contributed by atoms with E-state index >= 15 is 0 Å². The Kier molecular flexibility index (Phi) is 3.93. The van der Waals surface area contributed by atoms with E-state index in [-0.39, 0.29) is 0 Å². The molecule has 1 aliphatic rings. The van der Waals surface area contributed by atoms with Gasteiger partial charge in [-0.2, -0.15) is 0 Å². The summed E-state index contributed by atoms with van der Waals surface area (Å²) in [6.07, 6.45) is 7.58. The van der Waals surface area contributed by atoms with Crippen LogP contribution in [-0.2, 0) is 0 Å². The van der Waals surface area contributed by atoms with Crippen LogP contribution in [0.15, 0.2) is 55.7 Å². The van der Waals surface area contributed by atoms with E-state index in [1.165, 1.54) is 16.7 Å². The summed E-state index contributed by atoms with van der Waals surface area (Å²) < 4.78 is 0. The van der Waals surface area contributed by atoms with Crippen LogP contribution in [0.1, 0.15) is 17.5 Å². The van der Waals surface area contributed by atoms with Crippen molar-refractivity contribution < 1.29 is 0 Å². The van der Waals surface area contributed by atoms with Gasteiger partial charge in [0.2, 0.25) is 0 Å². The first kappa shape index (κ1) is 10.5. The second-order valence-corrected chi connectivity index (χ2v) is 3.19. The van der Waals surface area contributed by atoms with Gasteiger partial charge in [0.1, 0.15) is 0 Å². The molecule has 0 aliphatic heterocycles. The van der Waals surface area contributed by atoms with Gasteiger partial charge in [0.15, 0.2) is 0 Å². The van der Waals surface area contributed by atoms with Crippen LogP contribution in [0.2, 0.25) is 0 Å². The van der Waals surface area contributed by atoms with Crippen LogP contribution in [0.3, 0.4) is 0 Å². The van der Waals surface area contributed by atoms with Crippen molar-refractivity contribution in [2.24, 2.45) is 0 Å². The Morgan fingerprint density at radius 1 is 1.07 bits per heavy atom. The fraction of sp³-hybridized carbons (Fsp3) is 0.143. The molecule has 0 heterocycles. The van der Waals surface area contributed by atoms with Gasteiger partial charge in [0.05, 0.1) is 0 Å². The van der Waals surface area contributed by atoms with Gasteiger partial charge in [0.25, 0.3) is 0 Å². The fourth-order valence-electron chi connectivity index (χ4n) is 1.43. The van der Waals surface area contributed by atoms with Gasteiger partial charge in [0, 0.05) is 0 Å². The van der Waals surface area contributed by atoms with Crippen LogP contribution in [0, 0.1) is 6.92 Å². The van der Waals surface area contributed by atoms with Crippen molar-refractivity contribution in [3.05, 3.63) is 66.8 Å². The zero-order valence-corrected chi connectivity index (χ0v) is 8.66. The Labute approximate surface area is 86.3 Å². The highest BCUT2D eigenvalue weighted by Crippen LogP contribution is 2.22. The van der Waals surface area contributed by atoms with E-state index in [4.69, 9.17) is 0 Å². The van der Waals surface area contributed by atoms with Crippen LogP contribution < -0.4 is 0 Å². The number of hydrogen-bond donors (Lipinski definition) is 0. The van der Waals surface area contributed by atoms with Crippen LogP contribution in [0.4, 0.5) is 0 Å². The summed E-state index contributed by atoms with van der Waals surface area (Å²) >= 11 is 0. The molecular weight excluding hydrogens is 168 g/mol. The monoisotopic (exact) mass is 184 g/mol. The maximum absolute atomic E-state index is 3.00. The molecular formula is C14H16. The standard InChI is InChI=1S/C12H12.C2H4/c1-10-6-8-12(9-7-10)11-4-2-3-5-11;1-2/h2-4,6-9H,5H2,1H3;1-2H2. The van der Waals surface area contributed by atoms with Crippen LogP contribution in [0.25, 0.3) is 5.57 Å². The Morgan fingerprint density at radius 3 is 2.21 bits per heavy atom. The van der Waals surface area contributed by atoms with Gasteiger partial charge in [-0.1, -0.05) is 48.1 Å². The zero-order chi connectivity index (χ0) is 10.4. The summed E-state index contributed by atoms with van der Waals surface area (Å²) in [6, 6.07) is 8.70. The van der Waals surface area contributed by atoms with Crippen molar-refractivity contribution in [3.63, 3.8) is 0 Å². The average molecular weight is 184 g/mol. The van der Waals surface area contributed by atoms with Crippen molar-refractivity contribution in [2.45, 2.75) is 13.3 Å². The first-order valence-electron chi connectivity index (χ1n) is 4.79. The van der Waals surface area contributed by atoms with Crippen molar-refractivity contribution in [2.75, 3.05) is 0 Å². The van der Waals surface area contributed by atoms with Crippen molar-refractivity contribution >= 4 is 5.57 Å². The molecule has 2 rings (SSSR count). The van der Waals surface area contributed by atoms with Crippen molar-refractivity contribution in [1.29, 1.82) is 0 Å². The normalized spacial score (nSPS) is 13.1. The van der Waals surface area contributed by atoms with E-state index in [0.29, 0.717) is 0 Å². The zero-order valence-electron chi connectivity index (χ0n) is 8.66. The Morgan fingerprint density at radius 2 is 1.71 bits per heavy atom. The predicted octanol–water partition coefficient (Wildman–Crippen LogP) is 4.14. The summed E-state index contributed by atoms with van der Waals surface area (Å²) in [4.78, 5) is 0. The van der Waals surface area contributed by atoms with E-state index in [2.05, 4.69) is 62.6 Å². The molecule has 0 bridgehead atoms. The van der Waals surface area contributed by atoms with E-state index in [1.807, 2.05) is 0 Å². The fourth-order valence-corrected chi connectivity index (χ4v) is 1.43. The quantitative estimate of drug-likeness (QED) is 0.575. The first-order valence-corrected chi connectivity index (χ1v) is 4.79. The second kappa shape index (κ2) is 5.23. The van der Waals surface area contributed by atoms with E-state index in [0.717, 1.165) is 6.42 Å². The van der Waals surface area contributed by atoms with Crippen molar-refractivity contribution in [3.8, 4) is 0 Å². The Bertz CT molecular complexity index is 339. The molecule has 1 aromatic rings. The van der Waals surface area contributed by atoms with Gasteiger partial charge < -0.3 is 0 Å². The maximum atomic E-state index is 3.00. The topological polar surface area (TPSA) is 0 Å². The molecule has 0 saturated heterocycles. The van der Waals surface area contributed by atoms with Gasteiger partial charge in [-0.05, 0) is 24.5 Å². The first-order chi connectivity index (χ1) is 6.86. The van der Waals surface area contributed by atoms with Gasteiger partial charge in [-0.25, -0.2) is 0 Å². The average Bonchev–Trinajstić information content (AvgIpc) is 2.75. The summed E-state index contributed by atoms with van der Waals surface area (Å²) in [5.74, 6) is 0. The second-order valence-electron chi connectivity index (χ2n) is 3.19. The molecule has 0 spiro atoms. The Hall–Kier alpha value is -1.56. The molecule has 0 aromatic heterocycles. The predicted molar refractivity (Wildman–Crippen MR) is 64.2 cm³/mol. The molecule has 0 saturated carbocycles. The molecule has 0 nitrogen and oxygen atoms in total. The number of aryl methyl sites for hydroxylation is 1. The maximum Gasteiger partial charge on any atom is -0.00884 e. The molecule has 0 heteroatoms. The summed E-state index contributed by atoms with van der Waals surface area (Å²) in [5, 5.41) is 0. The van der Waals surface area contributed by atoms with E-state index in [9.17, 15) is 0 Å². The minimum atomic E-state index is 1.09. The minimum Gasteiger partial charge on any atom is -0.106 e. The molecule has 0 N–H and O–H groups in total. The molecule has 1 aliphatic carbocycles. The highest BCUT2D eigenvalue weighted by Gasteiger charge is 2.01. The van der Waals surface area contributed by atoms with Gasteiger partial charge >= 0.3 is 0 Å². The number of hydrogen-bond acceptors (Lipinski definition) is 0. The molecule has 0 unspecified atom stereocenters. The van der Waals surface area contributed by atoms with E-state index < -0.39 is 0 Å². The van der Waals surface area contributed by atoms with Crippen LogP contribution >= 0.6 is 0 Å². The number of allylic oxidation sites excluding steroid dienone is 4. The number of rotatable bonds is 1. The van der Waals surface area contributed by atoms with Gasteiger partial charge in [-0.15, -0.1) is 13.2 Å². The molecule has 0 radical (unpaired) electrons. The third-order valence-corrected chi connectivity index (χ3v) is 2.19.